The Bertz CT molecular complexity index is 551. The van der Waals surface area contributed by atoms with Crippen LogP contribution in [0.3, 0.4) is 0 Å². The molecule has 1 amide bonds. The van der Waals surface area contributed by atoms with E-state index in [1.807, 2.05) is 6.20 Å². The molecule has 3 rings (SSSR count). The Hall–Kier alpha value is -1.32. The van der Waals surface area contributed by atoms with Gasteiger partial charge in [0.25, 0.3) is 0 Å². The van der Waals surface area contributed by atoms with Crippen molar-refractivity contribution in [3.05, 3.63) is 18.2 Å². The third-order valence-corrected chi connectivity index (χ3v) is 6.66. The van der Waals surface area contributed by atoms with Crippen molar-refractivity contribution < 1.29 is 4.79 Å². The number of piperidine rings is 1. The number of likely N-dealkylation sites (tertiary alicyclic amines) is 1. The van der Waals surface area contributed by atoms with Crippen molar-refractivity contribution in [3.63, 3.8) is 0 Å². The largest absolute Gasteiger partial charge is 0.342 e. The fourth-order valence-electron chi connectivity index (χ4n) is 4.88. The third-order valence-electron chi connectivity index (χ3n) is 6.66. The van der Waals surface area contributed by atoms with E-state index in [9.17, 15) is 4.79 Å². The summed E-state index contributed by atoms with van der Waals surface area (Å²) in [6, 6.07) is 0. The highest BCUT2D eigenvalue weighted by Crippen LogP contribution is 2.33. The lowest BCUT2D eigenvalue weighted by Gasteiger charge is -2.36. The summed E-state index contributed by atoms with van der Waals surface area (Å²) in [5.74, 6) is 3.51. The predicted molar refractivity (Wildman–Crippen MR) is 106 cm³/mol. The molecule has 1 aliphatic carbocycles. The van der Waals surface area contributed by atoms with Crippen molar-refractivity contribution in [1.82, 2.24) is 14.5 Å². The van der Waals surface area contributed by atoms with Crippen molar-refractivity contribution in [2.24, 2.45) is 17.8 Å². The molecule has 2 aliphatic rings. The Labute approximate surface area is 159 Å². The second kappa shape index (κ2) is 9.57. The van der Waals surface area contributed by atoms with Crippen LogP contribution in [0.4, 0.5) is 0 Å². The molecule has 0 unspecified atom stereocenters. The standard InChI is InChI=1S/C22H37N3O/c1-3-5-6-18-7-9-20(10-8-18)22(26)24-14-11-19(12-15-24)17-25-16-13-23-21(25)4-2/h13,16,18-20H,3-12,14-15,17H2,1-2H3. The van der Waals surface area contributed by atoms with Crippen molar-refractivity contribution in [2.45, 2.75) is 84.6 Å². The normalized spacial score (nSPS) is 24.8. The lowest BCUT2D eigenvalue weighted by molar-refractivity contribution is -0.138. The molecule has 1 saturated carbocycles. The van der Waals surface area contributed by atoms with E-state index in [1.54, 1.807) is 0 Å². The Morgan fingerprint density at radius 3 is 2.46 bits per heavy atom. The first-order valence-electron chi connectivity index (χ1n) is 11.0. The zero-order chi connectivity index (χ0) is 18.4. The number of imidazole rings is 1. The molecular weight excluding hydrogens is 322 g/mol. The summed E-state index contributed by atoms with van der Waals surface area (Å²) >= 11 is 0. The molecule has 2 fully saturated rings. The van der Waals surface area contributed by atoms with Gasteiger partial charge in [-0.25, -0.2) is 4.98 Å². The van der Waals surface area contributed by atoms with Crippen LogP contribution in [0.2, 0.25) is 0 Å². The monoisotopic (exact) mass is 359 g/mol. The summed E-state index contributed by atoms with van der Waals surface area (Å²) in [5, 5.41) is 0. The summed E-state index contributed by atoms with van der Waals surface area (Å²) in [6.45, 7) is 7.41. The van der Waals surface area contributed by atoms with Gasteiger partial charge in [0.1, 0.15) is 5.82 Å². The summed E-state index contributed by atoms with van der Waals surface area (Å²) in [4.78, 5) is 19.5. The number of hydrogen-bond donors (Lipinski definition) is 0. The molecule has 1 aliphatic heterocycles. The molecule has 1 aromatic heterocycles. The van der Waals surface area contributed by atoms with Gasteiger partial charge in [0.15, 0.2) is 0 Å². The SMILES string of the molecule is CCCCC1CCC(C(=O)N2CCC(Cn3ccnc3CC)CC2)CC1. The summed E-state index contributed by atoms with van der Waals surface area (Å²) < 4.78 is 2.31. The van der Waals surface area contributed by atoms with Crippen LogP contribution in [0, 0.1) is 17.8 Å². The highest BCUT2D eigenvalue weighted by atomic mass is 16.2. The minimum atomic E-state index is 0.310. The molecule has 4 heteroatoms. The molecule has 0 spiro atoms. The number of aryl methyl sites for hydroxylation is 1. The summed E-state index contributed by atoms with van der Waals surface area (Å²) in [5.41, 5.74) is 0. The van der Waals surface area contributed by atoms with Crippen molar-refractivity contribution in [2.75, 3.05) is 13.1 Å². The molecule has 0 aromatic carbocycles. The van der Waals surface area contributed by atoms with Gasteiger partial charge in [0, 0.05) is 44.4 Å². The van der Waals surface area contributed by atoms with Crippen molar-refractivity contribution in [3.8, 4) is 0 Å². The van der Waals surface area contributed by atoms with Gasteiger partial charge in [-0.05, 0) is 50.4 Å². The van der Waals surface area contributed by atoms with E-state index in [2.05, 4.69) is 34.5 Å². The average molecular weight is 360 g/mol. The molecule has 26 heavy (non-hydrogen) atoms. The first-order valence-corrected chi connectivity index (χ1v) is 11.0. The lowest BCUT2D eigenvalue weighted by atomic mass is 9.79. The molecule has 2 heterocycles. The summed E-state index contributed by atoms with van der Waals surface area (Å²) in [6.07, 6.45) is 16.1. The molecule has 0 N–H and O–H groups in total. The fraction of sp³-hybridized carbons (Fsp3) is 0.818. The Morgan fingerprint density at radius 1 is 1.08 bits per heavy atom. The topological polar surface area (TPSA) is 38.1 Å². The maximum atomic E-state index is 12.9. The van der Waals surface area contributed by atoms with Crippen LogP contribution in [0.5, 0.6) is 0 Å². The van der Waals surface area contributed by atoms with E-state index in [4.69, 9.17) is 0 Å². The molecule has 1 aromatic rings. The molecule has 0 atom stereocenters. The number of rotatable bonds is 7. The van der Waals surface area contributed by atoms with Crippen LogP contribution < -0.4 is 0 Å². The van der Waals surface area contributed by atoms with Gasteiger partial charge in [0.2, 0.25) is 5.91 Å². The minimum absolute atomic E-state index is 0.310. The highest BCUT2D eigenvalue weighted by Gasteiger charge is 2.31. The molecule has 0 radical (unpaired) electrons. The lowest BCUT2D eigenvalue weighted by Crippen LogP contribution is -2.43. The van der Waals surface area contributed by atoms with Gasteiger partial charge in [0.05, 0.1) is 0 Å². The Morgan fingerprint density at radius 2 is 1.81 bits per heavy atom. The second-order valence-corrected chi connectivity index (χ2v) is 8.48. The van der Waals surface area contributed by atoms with Gasteiger partial charge < -0.3 is 9.47 Å². The maximum Gasteiger partial charge on any atom is 0.225 e. The van der Waals surface area contributed by atoms with E-state index in [0.29, 0.717) is 17.7 Å². The number of unbranched alkanes of at least 4 members (excludes halogenated alkanes) is 1. The minimum Gasteiger partial charge on any atom is -0.342 e. The van der Waals surface area contributed by atoms with Crippen LogP contribution in [0.15, 0.2) is 12.4 Å². The van der Waals surface area contributed by atoms with Gasteiger partial charge in [-0.2, -0.15) is 0 Å². The number of hydrogen-bond acceptors (Lipinski definition) is 2. The average Bonchev–Trinajstić information content (AvgIpc) is 3.14. The highest BCUT2D eigenvalue weighted by molar-refractivity contribution is 5.79. The fourth-order valence-corrected chi connectivity index (χ4v) is 4.88. The molecule has 1 saturated heterocycles. The molecule has 0 bridgehead atoms. The predicted octanol–water partition coefficient (Wildman–Crippen LogP) is 4.68. The van der Waals surface area contributed by atoms with E-state index in [-0.39, 0.29) is 0 Å². The van der Waals surface area contributed by atoms with E-state index < -0.39 is 0 Å². The molecular formula is C22H37N3O. The van der Waals surface area contributed by atoms with E-state index in [0.717, 1.165) is 57.7 Å². The number of amides is 1. The van der Waals surface area contributed by atoms with Crippen molar-refractivity contribution >= 4 is 5.91 Å². The number of carbonyl (C=O) groups is 1. The van der Waals surface area contributed by atoms with Gasteiger partial charge in [-0.1, -0.05) is 33.1 Å². The van der Waals surface area contributed by atoms with E-state index >= 15 is 0 Å². The van der Waals surface area contributed by atoms with Crippen LogP contribution in [0.25, 0.3) is 0 Å². The van der Waals surface area contributed by atoms with Gasteiger partial charge >= 0.3 is 0 Å². The zero-order valence-corrected chi connectivity index (χ0v) is 16.8. The number of carbonyl (C=O) groups excluding carboxylic acids is 1. The first kappa shape index (κ1) is 19.4. The second-order valence-electron chi connectivity index (χ2n) is 8.48. The van der Waals surface area contributed by atoms with Crippen LogP contribution in [-0.2, 0) is 17.8 Å². The van der Waals surface area contributed by atoms with Crippen LogP contribution >= 0.6 is 0 Å². The van der Waals surface area contributed by atoms with Gasteiger partial charge in [-0.15, -0.1) is 0 Å². The van der Waals surface area contributed by atoms with Gasteiger partial charge in [-0.3, -0.25) is 4.79 Å². The maximum absolute atomic E-state index is 12.9. The number of nitrogens with zero attached hydrogens (tertiary/aromatic N) is 3. The zero-order valence-electron chi connectivity index (χ0n) is 16.8. The molecule has 146 valence electrons. The third kappa shape index (κ3) is 4.89. The Kier molecular flexibility index (Phi) is 7.15. The number of aromatic nitrogens is 2. The molecule has 4 nitrogen and oxygen atoms in total. The van der Waals surface area contributed by atoms with Crippen LogP contribution in [0.1, 0.15) is 77.5 Å². The first-order chi connectivity index (χ1) is 12.7. The van der Waals surface area contributed by atoms with Crippen LogP contribution in [-0.4, -0.2) is 33.4 Å². The summed E-state index contributed by atoms with van der Waals surface area (Å²) in [7, 11) is 0. The van der Waals surface area contributed by atoms with Crippen molar-refractivity contribution in [1.29, 1.82) is 0 Å². The quantitative estimate of drug-likeness (QED) is 0.709. The Balaban J connectivity index is 1.41. The van der Waals surface area contributed by atoms with E-state index in [1.165, 1.54) is 37.9 Å². The smallest absolute Gasteiger partial charge is 0.225 e.